The van der Waals surface area contributed by atoms with Crippen LogP contribution in [0.4, 0.5) is 0 Å². The zero-order chi connectivity index (χ0) is 14.8. The van der Waals surface area contributed by atoms with Crippen molar-refractivity contribution in [1.29, 1.82) is 0 Å². The van der Waals surface area contributed by atoms with Gasteiger partial charge >= 0.3 is 5.97 Å². The van der Waals surface area contributed by atoms with E-state index in [9.17, 15) is 4.79 Å². The van der Waals surface area contributed by atoms with Crippen LogP contribution >= 0.6 is 11.6 Å². The molecule has 2 aromatic heterocycles. The van der Waals surface area contributed by atoms with E-state index in [1.807, 2.05) is 6.07 Å². The first kappa shape index (κ1) is 13.4. The number of carbonyl (C=O) groups is 1. The molecule has 21 heavy (non-hydrogen) atoms. The van der Waals surface area contributed by atoms with Crippen molar-refractivity contribution >= 4 is 28.5 Å². The van der Waals surface area contributed by atoms with Crippen molar-refractivity contribution in [2.45, 2.75) is 0 Å². The average Bonchev–Trinajstić information content (AvgIpc) is 2.92. The van der Waals surface area contributed by atoms with Crippen molar-refractivity contribution in [1.82, 2.24) is 10.1 Å². The molecule has 0 radical (unpaired) electrons. The molecular formula is C14H9ClN2O4. The second-order valence-corrected chi connectivity index (χ2v) is 4.56. The molecule has 0 amide bonds. The highest BCUT2D eigenvalue weighted by molar-refractivity contribution is 6.36. The Morgan fingerprint density at radius 1 is 1.33 bits per heavy atom. The van der Waals surface area contributed by atoms with E-state index in [2.05, 4.69) is 10.1 Å². The van der Waals surface area contributed by atoms with Crippen LogP contribution in [0.2, 0.25) is 5.02 Å². The van der Waals surface area contributed by atoms with E-state index < -0.39 is 12.6 Å². The Bertz CT molecular complexity index is 801. The number of hydrogen-bond donors (Lipinski definition) is 1. The number of aromatic nitrogens is 2. The van der Waals surface area contributed by atoms with E-state index in [4.69, 9.17) is 26.0 Å². The monoisotopic (exact) mass is 304 g/mol. The number of pyridine rings is 1. The summed E-state index contributed by atoms with van der Waals surface area (Å²) in [6.07, 6.45) is 1.65. The molecule has 3 rings (SSSR count). The molecule has 0 fully saturated rings. The van der Waals surface area contributed by atoms with Crippen LogP contribution in [-0.2, 0) is 4.79 Å². The maximum atomic E-state index is 10.5. The number of carboxylic acids is 1. The molecule has 0 saturated heterocycles. The van der Waals surface area contributed by atoms with Gasteiger partial charge < -0.3 is 14.4 Å². The lowest BCUT2D eigenvalue weighted by molar-refractivity contribution is -0.139. The van der Waals surface area contributed by atoms with Crippen LogP contribution in [0, 0.1) is 0 Å². The molecule has 2 heterocycles. The van der Waals surface area contributed by atoms with E-state index in [0.29, 0.717) is 22.4 Å². The van der Waals surface area contributed by atoms with E-state index >= 15 is 0 Å². The summed E-state index contributed by atoms with van der Waals surface area (Å²) in [5, 5.41) is 13.5. The Balaban J connectivity index is 2.05. The van der Waals surface area contributed by atoms with Crippen LogP contribution in [-0.4, -0.2) is 27.8 Å². The fourth-order valence-corrected chi connectivity index (χ4v) is 2.15. The van der Waals surface area contributed by atoms with E-state index in [0.717, 1.165) is 0 Å². The third-order valence-corrected chi connectivity index (χ3v) is 3.16. The molecule has 6 nitrogen and oxygen atoms in total. The lowest BCUT2D eigenvalue weighted by Crippen LogP contribution is -2.09. The Hall–Kier alpha value is -2.60. The van der Waals surface area contributed by atoms with E-state index in [1.54, 1.807) is 30.5 Å². The lowest BCUT2D eigenvalue weighted by Gasteiger charge is -2.05. The normalized spacial score (nSPS) is 10.7. The first-order valence-corrected chi connectivity index (χ1v) is 6.38. The molecule has 106 valence electrons. The van der Waals surface area contributed by atoms with E-state index in [1.165, 1.54) is 0 Å². The SMILES string of the molecule is O=C(O)COc1ccc2c(-c3ccccn3)noc2c1Cl. The smallest absolute Gasteiger partial charge is 0.341 e. The minimum absolute atomic E-state index is 0.184. The van der Waals surface area contributed by atoms with Gasteiger partial charge in [-0.2, -0.15) is 0 Å². The molecule has 0 aliphatic rings. The van der Waals surface area contributed by atoms with Gasteiger partial charge in [0.2, 0.25) is 0 Å². The van der Waals surface area contributed by atoms with Gasteiger partial charge in [-0.25, -0.2) is 4.79 Å². The van der Waals surface area contributed by atoms with Crippen molar-refractivity contribution in [2.75, 3.05) is 6.61 Å². The number of carboxylic acid groups (broad SMARTS) is 1. The van der Waals surface area contributed by atoms with Crippen molar-refractivity contribution in [3.05, 3.63) is 41.6 Å². The fraction of sp³-hybridized carbons (Fsp3) is 0.0714. The van der Waals surface area contributed by atoms with Gasteiger partial charge in [-0.3, -0.25) is 4.98 Å². The predicted molar refractivity (Wildman–Crippen MR) is 75.4 cm³/mol. The van der Waals surface area contributed by atoms with Crippen LogP contribution in [0.3, 0.4) is 0 Å². The zero-order valence-corrected chi connectivity index (χ0v) is 11.4. The average molecular weight is 305 g/mol. The Kier molecular flexibility index (Phi) is 3.45. The Labute approximate surface area is 123 Å². The molecule has 1 N–H and O–H groups in total. The number of hydrogen-bond acceptors (Lipinski definition) is 5. The Morgan fingerprint density at radius 2 is 2.19 bits per heavy atom. The third-order valence-electron chi connectivity index (χ3n) is 2.80. The maximum Gasteiger partial charge on any atom is 0.341 e. The van der Waals surface area contributed by atoms with Crippen LogP contribution in [0.25, 0.3) is 22.4 Å². The van der Waals surface area contributed by atoms with E-state index in [-0.39, 0.29) is 10.8 Å². The lowest BCUT2D eigenvalue weighted by atomic mass is 10.1. The van der Waals surface area contributed by atoms with Crippen molar-refractivity contribution in [3.8, 4) is 17.1 Å². The Morgan fingerprint density at radius 3 is 2.90 bits per heavy atom. The zero-order valence-electron chi connectivity index (χ0n) is 10.6. The van der Waals surface area contributed by atoms with Gasteiger partial charge in [-0.1, -0.05) is 22.8 Å². The minimum Gasteiger partial charge on any atom is -0.480 e. The van der Waals surface area contributed by atoms with Gasteiger partial charge in [0.15, 0.2) is 12.2 Å². The molecule has 0 unspecified atom stereocenters. The molecule has 0 saturated carbocycles. The summed E-state index contributed by atoms with van der Waals surface area (Å²) in [5.74, 6) is -0.854. The highest BCUT2D eigenvalue weighted by Gasteiger charge is 2.17. The van der Waals surface area contributed by atoms with Crippen LogP contribution < -0.4 is 4.74 Å². The molecule has 1 aromatic carbocycles. The van der Waals surface area contributed by atoms with Gasteiger partial charge in [-0.15, -0.1) is 0 Å². The van der Waals surface area contributed by atoms with Gasteiger partial charge in [0, 0.05) is 6.20 Å². The second-order valence-electron chi connectivity index (χ2n) is 4.18. The summed E-state index contributed by atoms with van der Waals surface area (Å²) in [4.78, 5) is 14.7. The number of benzene rings is 1. The van der Waals surface area contributed by atoms with Crippen molar-refractivity contribution in [2.24, 2.45) is 0 Å². The van der Waals surface area contributed by atoms with Crippen molar-refractivity contribution in [3.63, 3.8) is 0 Å². The van der Waals surface area contributed by atoms with Gasteiger partial charge in [-0.05, 0) is 24.3 Å². The predicted octanol–water partition coefficient (Wildman–Crippen LogP) is 3.01. The maximum absolute atomic E-state index is 10.5. The number of fused-ring (bicyclic) bond motifs is 1. The molecule has 0 aliphatic heterocycles. The molecule has 3 aromatic rings. The molecule has 0 bridgehead atoms. The number of rotatable bonds is 4. The van der Waals surface area contributed by atoms with Gasteiger partial charge in [0.05, 0.1) is 11.1 Å². The minimum atomic E-state index is -1.09. The van der Waals surface area contributed by atoms with Crippen molar-refractivity contribution < 1.29 is 19.2 Å². The van der Waals surface area contributed by atoms with Gasteiger partial charge in [0.1, 0.15) is 16.5 Å². The first-order valence-electron chi connectivity index (χ1n) is 6.00. The molecule has 0 aliphatic carbocycles. The summed E-state index contributed by atoms with van der Waals surface area (Å²) in [7, 11) is 0. The third kappa shape index (κ3) is 2.53. The molecule has 0 atom stereocenters. The second kappa shape index (κ2) is 5.41. The summed E-state index contributed by atoms with van der Waals surface area (Å²) >= 11 is 6.15. The molecular weight excluding hydrogens is 296 g/mol. The molecule has 0 spiro atoms. The fourth-order valence-electron chi connectivity index (χ4n) is 1.89. The summed E-state index contributed by atoms with van der Waals surface area (Å²) in [5.41, 5.74) is 1.56. The first-order chi connectivity index (χ1) is 10.2. The molecule has 7 heteroatoms. The summed E-state index contributed by atoms with van der Waals surface area (Å²) in [6, 6.07) is 8.74. The number of halogens is 1. The highest BCUT2D eigenvalue weighted by atomic mass is 35.5. The van der Waals surface area contributed by atoms with Crippen LogP contribution in [0.1, 0.15) is 0 Å². The number of ether oxygens (including phenoxy) is 1. The quantitative estimate of drug-likeness (QED) is 0.797. The standard InChI is InChI=1S/C14H9ClN2O4/c15-12-10(20-7-11(18)19)5-4-8-13(17-21-14(8)12)9-3-1-2-6-16-9/h1-6H,7H2,(H,18,19). The number of nitrogens with zero attached hydrogens (tertiary/aromatic N) is 2. The van der Waals surface area contributed by atoms with Gasteiger partial charge in [0.25, 0.3) is 0 Å². The van der Waals surface area contributed by atoms with Crippen LogP contribution in [0.5, 0.6) is 5.75 Å². The largest absolute Gasteiger partial charge is 0.480 e. The summed E-state index contributed by atoms with van der Waals surface area (Å²) in [6.45, 7) is -0.480. The number of aliphatic carboxylic acids is 1. The van der Waals surface area contributed by atoms with Crippen LogP contribution in [0.15, 0.2) is 41.1 Å². The highest BCUT2D eigenvalue weighted by Crippen LogP contribution is 2.36. The topological polar surface area (TPSA) is 85.5 Å². The summed E-state index contributed by atoms with van der Waals surface area (Å²) < 4.78 is 10.3.